The van der Waals surface area contributed by atoms with Gasteiger partial charge in [0.1, 0.15) is 0 Å². The molecule has 0 aliphatic heterocycles. The fraction of sp³-hybridized carbons (Fsp3) is 1.00. The van der Waals surface area contributed by atoms with E-state index < -0.39 is 11.4 Å². The Morgan fingerprint density at radius 2 is 1.60 bits per heavy atom. The van der Waals surface area contributed by atoms with Crippen molar-refractivity contribution in [2.45, 2.75) is 11.4 Å². The van der Waals surface area contributed by atoms with Gasteiger partial charge in [-0.15, -0.1) is 0 Å². The topological polar surface area (TPSA) is 17.1 Å². The van der Waals surface area contributed by atoms with E-state index in [4.69, 9.17) is 0 Å². The van der Waals surface area contributed by atoms with E-state index in [1.165, 1.54) is 0 Å². The van der Waals surface area contributed by atoms with E-state index in [1.54, 1.807) is 11.4 Å². The summed E-state index contributed by atoms with van der Waals surface area (Å²) in [5.41, 5.74) is 3.55. The van der Waals surface area contributed by atoms with Crippen LogP contribution >= 0.6 is 0 Å². The minimum absolute atomic E-state index is 1.78. The quantitative estimate of drug-likeness (QED) is 0.508. The molecule has 0 saturated carbocycles. The number of hydrogen-bond donors (Lipinski definition) is 0. The van der Waals surface area contributed by atoms with E-state index in [-0.39, 0.29) is 0 Å². The van der Waals surface area contributed by atoms with E-state index in [0.29, 0.717) is 0 Å². The molecule has 0 aromatic heterocycles. The molecule has 0 aliphatic rings. The average Bonchev–Trinajstić information content (AvgIpc) is 0.722. The van der Waals surface area contributed by atoms with Crippen LogP contribution in [0.3, 0.4) is 0 Å². The summed E-state index contributed by atoms with van der Waals surface area (Å²) < 4.78 is 10.2. The Labute approximate surface area is 41.6 Å². The molecule has 2 radical (unpaired) electrons. The fourth-order valence-electron chi connectivity index (χ4n) is 0. The van der Waals surface area contributed by atoms with Crippen LogP contribution in [0.5, 0.6) is 0 Å². The van der Waals surface area contributed by atoms with Crippen LogP contribution in [0.15, 0.2) is 0 Å². The van der Waals surface area contributed by atoms with Crippen molar-refractivity contribution in [2.24, 2.45) is 0 Å². The molecule has 30 valence electrons. The molecule has 0 heterocycles. The van der Waals surface area contributed by atoms with E-state index in [2.05, 4.69) is 14.8 Å². The van der Waals surface area contributed by atoms with Crippen LogP contribution in [0, 0.1) is 0 Å². The molecule has 0 bridgehead atoms. The zero-order valence-corrected chi connectivity index (χ0v) is 7.06. The normalized spacial score (nSPS) is 11.8. The molecule has 0 rings (SSSR count). The molecule has 1 nitrogen and oxygen atoms in total. The monoisotopic (exact) mass is 196 g/mol. The van der Waals surface area contributed by atoms with Gasteiger partial charge in [0.2, 0.25) is 0 Å². The zero-order valence-electron chi connectivity index (χ0n) is 3.30. The first-order valence-corrected chi connectivity index (χ1v) is 11.0. The minimum atomic E-state index is -2.19. The fourth-order valence-corrected chi connectivity index (χ4v) is 0. The molecule has 0 aromatic rings. The molecule has 5 heavy (non-hydrogen) atoms. The third-order valence-electron chi connectivity index (χ3n) is 0. The average molecular weight is 196 g/mol. The Morgan fingerprint density at radius 1 is 1.60 bits per heavy atom. The van der Waals surface area contributed by atoms with Gasteiger partial charge in [0, 0.05) is 0 Å². The van der Waals surface area contributed by atoms with Crippen molar-refractivity contribution in [3.8, 4) is 0 Å². The Hall–Kier alpha value is 0.917. The zero-order chi connectivity index (χ0) is 4.50. The van der Waals surface area contributed by atoms with Gasteiger partial charge in [0.15, 0.2) is 0 Å². The second-order valence-corrected chi connectivity index (χ2v) is 17.2. The molecular weight excluding hydrogens is 190 g/mol. The van der Waals surface area contributed by atoms with Gasteiger partial charge in [-0.05, 0) is 0 Å². The molecule has 0 fully saturated rings. The summed E-state index contributed by atoms with van der Waals surface area (Å²) in [6.07, 6.45) is 0. The predicted molar refractivity (Wildman–Crippen MR) is 23.9 cm³/mol. The van der Waals surface area contributed by atoms with Crippen molar-refractivity contribution in [3.63, 3.8) is 0 Å². The Morgan fingerprint density at radius 3 is 1.60 bits per heavy atom. The van der Waals surface area contributed by atoms with Crippen LogP contribution in [-0.2, 0) is 3.74 Å². The summed E-state index contributed by atoms with van der Waals surface area (Å²) in [6.45, 7) is 0. The van der Waals surface area contributed by atoms with Crippen molar-refractivity contribution in [1.29, 1.82) is 0 Å². The standard InChI is InChI=1S/C2H6As2O/c1-4(2,3)5/h1-2H3. The summed E-state index contributed by atoms with van der Waals surface area (Å²) in [5, 5.41) is 0. The maximum absolute atomic E-state index is 10.2. The van der Waals surface area contributed by atoms with Crippen molar-refractivity contribution >= 4 is 26.2 Å². The summed E-state index contributed by atoms with van der Waals surface area (Å²) >= 11 is 0.0122. The summed E-state index contributed by atoms with van der Waals surface area (Å²) in [7, 11) is 0. The van der Waals surface area contributed by atoms with Gasteiger partial charge < -0.3 is 0 Å². The van der Waals surface area contributed by atoms with E-state index in [9.17, 15) is 3.74 Å². The first-order chi connectivity index (χ1) is 2.00. The summed E-state index contributed by atoms with van der Waals surface area (Å²) in [6, 6.07) is 0. The van der Waals surface area contributed by atoms with Gasteiger partial charge in [-0.2, -0.15) is 0 Å². The molecule has 0 unspecified atom stereocenters. The molecule has 0 N–H and O–H groups in total. The van der Waals surface area contributed by atoms with E-state index in [1.807, 2.05) is 0 Å². The Kier molecular flexibility index (Phi) is 1.87. The molecule has 0 aromatic carbocycles. The SMILES string of the molecule is C[As](C)(=O)[As]. The second-order valence-electron chi connectivity index (χ2n) is 1.29. The van der Waals surface area contributed by atoms with E-state index >= 15 is 0 Å². The van der Waals surface area contributed by atoms with Gasteiger partial charge in [0.05, 0.1) is 0 Å². The molecule has 0 spiro atoms. The van der Waals surface area contributed by atoms with Crippen molar-refractivity contribution < 1.29 is 3.74 Å². The first kappa shape index (κ1) is 5.92. The van der Waals surface area contributed by atoms with Gasteiger partial charge in [-0.25, -0.2) is 0 Å². The van der Waals surface area contributed by atoms with Crippen LogP contribution in [-0.4, -0.2) is 26.2 Å². The first-order valence-electron chi connectivity index (χ1n) is 1.28. The van der Waals surface area contributed by atoms with Gasteiger partial charge in [-0.1, -0.05) is 0 Å². The summed E-state index contributed by atoms with van der Waals surface area (Å²) in [4.78, 5) is 0. The van der Waals surface area contributed by atoms with Crippen molar-refractivity contribution in [1.82, 2.24) is 0 Å². The Balaban J connectivity index is 3.47. The number of hydrogen-bond acceptors (Lipinski definition) is 1. The third-order valence-corrected chi connectivity index (χ3v) is 0. The van der Waals surface area contributed by atoms with E-state index in [0.717, 1.165) is 0 Å². The third kappa shape index (κ3) is 49.8. The van der Waals surface area contributed by atoms with Crippen molar-refractivity contribution in [2.75, 3.05) is 0 Å². The number of rotatable bonds is 0. The molecule has 0 saturated heterocycles. The molecular formula is C2H6As2O. The predicted octanol–water partition coefficient (Wildman–Crippen LogP) is 0.287. The second kappa shape index (κ2) is 1.58. The molecule has 0 amide bonds. The van der Waals surface area contributed by atoms with Gasteiger partial charge in [0.25, 0.3) is 0 Å². The van der Waals surface area contributed by atoms with Crippen LogP contribution in [0.1, 0.15) is 0 Å². The van der Waals surface area contributed by atoms with Gasteiger partial charge in [-0.3, -0.25) is 0 Å². The summed E-state index contributed by atoms with van der Waals surface area (Å²) in [5.74, 6) is 0. The molecule has 0 atom stereocenters. The Bertz CT molecular complexity index is 53.8. The van der Waals surface area contributed by atoms with Crippen molar-refractivity contribution in [3.05, 3.63) is 0 Å². The van der Waals surface area contributed by atoms with Crippen LogP contribution in [0.2, 0.25) is 11.4 Å². The molecule has 3 heteroatoms. The maximum atomic E-state index is 10.2. The van der Waals surface area contributed by atoms with Crippen LogP contribution in [0.4, 0.5) is 0 Å². The molecule has 0 aliphatic carbocycles. The van der Waals surface area contributed by atoms with Crippen LogP contribution in [0.25, 0.3) is 0 Å². The van der Waals surface area contributed by atoms with Gasteiger partial charge >= 0.3 is 41.4 Å². The van der Waals surface area contributed by atoms with Crippen LogP contribution < -0.4 is 0 Å².